The highest BCUT2D eigenvalue weighted by molar-refractivity contribution is 5.92. The van der Waals surface area contributed by atoms with Crippen LogP contribution in [0.15, 0.2) is 12.3 Å². The highest BCUT2D eigenvalue weighted by atomic mass is 16.2. The number of carbonyl (C=O) groups is 1. The highest BCUT2D eigenvalue weighted by Gasteiger charge is 2.12. The summed E-state index contributed by atoms with van der Waals surface area (Å²) in [6.45, 7) is 3.15. The van der Waals surface area contributed by atoms with Gasteiger partial charge in [0, 0.05) is 18.3 Å². The number of rotatable bonds is 1. The lowest BCUT2D eigenvalue weighted by atomic mass is 10.1. The molecule has 0 saturated carbocycles. The normalized spacial score (nSPS) is 15.6. The number of pyridine rings is 1. The van der Waals surface area contributed by atoms with Crippen LogP contribution in [0, 0.1) is 0 Å². The number of hydrogen-bond donors (Lipinski definition) is 2. The van der Waals surface area contributed by atoms with Gasteiger partial charge in [-0.25, -0.2) is 4.98 Å². The van der Waals surface area contributed by atoms with Crippen LogP contribution in [0.2, 0.25) is 0 Å². The fraction of sp³-hybridized carbons (Fsp3) is 0.400. The molecule has 0 spiro atoms. The van der Waals surface area contributed by atoms with Crippen molar-refractivity contribution in [1.29, 1.82) is 0 Å². The molecule has 1 amide bonds. The predicted octanol–water partition coefficient (Wildman–Crippen LogP) is 0.686. The molecule has 4 heteroatoms. The van der Waals surface area contributed by atoms with Crippen molar-refractivity contribution >= 4 is 11.7 Å². The number of carbonyl (C=O) groups excluding carboxylic acids is 1. The fourth-order valence-corrected chi connectivity index (χ4v) is 1.49. The molecule has 14 heavy (non-hydrogen) atoms. The lowest BCUT2D eigenvalue weighted by molar-refractivity contribution is -0.115. The molecule has 1 aliphatic heterocycles. The average molecular weight is 191 g/mol. The Morgan fingerprint density at radius 1 is 1.50 bits per heavy atom. The van der Waals surface area contributed by atoms with Gasteiger partial charge in [-0.2, -0.15) is 0 Å². The Bertz CT molecular complexity index is 362. The third kappa shape index (κ3) is 1.75. The molecule has 1 aromatic rings. The Morgan fingerprint density at radius 3 is 3.14 bits per heavy atom. The minimum atomic E-state index is -0.0273. The van der Waals surface area contributed by atoms with Gasteiger partial charge in [0.05, 0.1) is 6.54 Å². The SMILES string of the molecule is CCc1cnc2c(c1)CNCC(=O)N2. The number of anilines is 1. The topological polar surface area (TPSA) is 54.0 Å². The van der Waals surface area contributed by atoms with Crippen LogP contribution in [-0.4, -0.2) is 17.4 Å². The summed E-state index contributed by atoms with van der Waals surface area (Å²) in [5.74, 6) is 0.665. The molecule has 74 valence electrons. The number of aromatic nitrogens is 1. The standard InChI is InChI=1S/C10H13N3O/c1-2-7-3-8-5-11-6-9(14)13-10(8)12-4-7/h3-4,11H,2,5-6H2,1H3,(H,12,13,14). The van der Waals surface area contributed by atoms with Gasteiger partial charge in [-0.15, -0.1) is 0 Å². The number of hydrogen-bond acceptors (Lipinski definition) is 3. The fourth-order valence-electron chi connectivity index (χ4n) is 1.49. The second-order valence-electron chi connectivity index (χ2n) is 3.36. The Balaban J connectivity index is 2.35. The molecule has 0 bridgehead atoms. The summed E-state index contributed by atoms with van der Waals surface area (Å²) in [6.07, 6.45) is 2.78. The number of amides is 1. The Labute approximate surface area is 82.7 Å². The monoisotopic (exact) mass is 191 g/mol. The zero-order chi connectivity index (χ0) is 9.97. The van der Waals surface area contributed by atoms with Crippen molar-refractivity contribution in [2.45, 2.75) is 19.9 Å². The van der Waals surface area contributed by atoms with Crippen LogP contribution >= 0.6 is 0 Å². The lowest BCUT2D eigenvalue weighted by Gasteiger charge is -2.06. The van der Waals surface area contributed by atoms with E-state index >= 15 is 0 Å². The van der Waals surface area contributed by atoms with Crippen molar-refractivity contribution in [3.05, 3.63) is 23.4 Å². The van der Waals surface area contributed by atoms with Crippen LogP contribution in [0.1, 0.15) is 18.1 Å². The van der Waals surface area contributed by atoms with Crippen molar-refractivity contribution in [3.8, 4) is 0 Å². The number of aryl methyl sites for hydroxylation is 1. The first-order valence-corrected chi connectivity index (χ1v) is 4.78. The maximum Gasteiger partial charge on any atom is 0.239 e. The average Bonchev–Trinajstić information content (AvgIpc) is 2.37. The first-order chi connectivity index (χ1) is 6.79. The quantitative estimate of drug-likeness (QED) is 0.686. The molecule has 0 fully saturated rings. The summed E-state index contributed by atoms with van der Waals surface area (Å²) in [7, 11) is 0. The van der Waals surface area contributed by atoms with E-state index in [0.717, 1.165) is 12.0 Å². The van der Waals surface area contributed by atoms with Crippen molar-refractivity contribution in [1.82, 2.24) is 10.3 Å². The Hall–Kier alpha value is -1.42. The predicted molar refractivity (Wildman–Crippen MR) is 54.0 cm³/mol. The van der Waals surface area contributed by atoms with Crippen molar-refractivity contribution in [3.63, 3.8) is 0 Å². The van der Waals surface area contributed by atoms with Gasteiger partial charge in [-0.1, -0.05) is 6.92 Å². The van der Waals surface area contributed by atoms with Crippen molar-refractivity contribution in [2.24, 2.45) is 0 Å². The van der Waals surface area contributed by atoms with Gasteiger partial charge in [0.25, 0.3) is 0 Å². The summed E-state index contributed by atoms with van der Waals surface area (Å²) in [6, 6.07) is 2.08. The van der Waals surface area contributed by atoms with Crippen LogP contribution in [0.5, 0.6) is 0 Å². The zero-order valence-corrected chi connectivity index (χ0v) is 8.13. The van der Waals surface area contributed by atoms with Crippen molar-refractivity contribution < 1.29 is 4.79 Å². The Morgan fingerprint density at radius 2 is 2.36 bits per heavy atom. The smallest absolute Gasteiger partial charge is 0.239 e. The van der Waals surface area contributed by atoms with Gasteiger partial charge < -0.3 is 10.6 Å². The highest BCUT2D eigenvalue weighted by Crippen LogP contribution is 2.15. The number of nitrogens with one attached hydrogen (secondary N) is 2. The maximum atomic E-state index is 11.2. The van der Waals surface area contributed by atoms with Crippen LogP contribution in [0.25, 0.3) is 0 Å². The van der Waals surface area contributed by atoms with E-state index in [9.17, 15) is 4.79 Å². The third-order valence-corrected chi connectivity index (χ3v) is 2.29. The maximum absolute atomic E-state index is 11.2. The second-order valence-corrected chi connectivity index (χ2v) is 3.36. The van der Waals surface area contributed by atoms with Crippen molar-refractivity contribution in [2.75, 3.05) is 11.9 Å². The summed E-state index contributed by atoms with van der Waals surface area (Å²) in [4.78, 5) is 15.4. The van der Waals surface area contributed by atoms with Gasteiger partial charge in [0.15, 0.2) is 0 Å². The third-order valence-electron chi connectivity index (χ3n) is 2.29. The molecule has 1 aliphatic rings. The lowest BCUT2D eigenvalue weighted by Crippen LogP contribution is -2.23. The van der Waals surface area contributed by atoms with Gasteiger partial charge in [0.2, 0.25) is 5.91 Å². The first kappa shape index (κ1) is 9.15. The van der Waals surface area contributed by atoms with E-state index in [1.54, 1.807) is 0 Å². The summed E-state index contributed by atoms with van der Waals surface area (Å²) < 4.78 is 0. The number of nitrogens with zero attached hydrogens (tertiary/aromatic N) is 1. The van der Waals surface area contributed by atoms with Crippen LogP contribution in [0.4, 0.5) is 5.82 Å². The zero-order valence-electron chi connectivity index (χ0n) is 8.13. The molecule has 2 rings (SSSR count). The molecule has 0 atom stereocenters. The minimum Gasteiger partial charge on any atom is -0.309 e. The molecular formula is C10H13N3O. The Kier molecular flexibility index (Phi) is 2.45. The van der Waals surface area contributed by atoms with Crippen LogP contribution in [-0.2, 0) is 17.8 Å². The second kappa shape index (κ2) is 3.75. The van der Waals surface area contributed by atoms with Crippen LogP contribution < -0.4 is 10.6 Å². The van der Waals surface area contributed by atoms with E-state index in [0.29, 0.717) is 18.9 Å². The molecular weight excluding hydrogens is 178 g/mol. The molecule has 4 nitrogen and oxygen atoms in total. The molecule has 2 N–H and O–H groups in total. The molecule has 0 radical (unpaired) electrons. The molecule has 1 aromatic heterocycles. The number of fused-ring (bicyclic) bond motifs is 1. The van der Waals surface area contributed by atoms with E-state index in [2.05, 4.69) is 28.6 Å². The first-order valence-electron chi connectivity index (χ1n) is 4.78. The minimum absolute atomic E-state index is 0.0273. The molecule has 0 unspecified atom stereocenters. The molecule has 0 saturated heterocycles. The van der Waals surface area contributed by atoms with Gasteiger partial charge in [0.1, 0.15) is 5.82 Å². The molecule has 0 aromatic carbocycles. The summed E-state index contributed by atoms with van der Waals surface area (Å²) in [5, 5.41) is 5.81. The van der Waals surface area contributed by atoms with E-state index < -0.39 is 0 Å². The van der Waals surface area contributed by atoms with Gasteiger partial charge in [-0.05, 0) is 18.1 Å². The van der Waals surface area contributed by atoms with E-state index in [4.69, 9.17) is 0 Å². The van der Waals surface area contributed by atoms with E-state index in [1.165, 1.54) is 5.56 Å². The molecule has 0 aliphatic carbocycles. The van der Waals surface area contributed by atoms with E-state index in [1.807, 2.05) is 6.20 Å². The summed E-state index contributed by atoms with van der Waals surface area (Å²) >= 11 is 0. The van der Waals surface area contributed by atoms with E-state index in [-0.39, 0.29) is 5.91 Å². The van der Waals surface area contributed by atoms with Gasteiger partial charge in [-0.3, -0.25) is 4.79 Å². The largest absolute Gasteiger partial charge is 0.309 e. The van der Waals surface area contributed by atoms with Crippen LogP contribution in [0.3, 0.4) is 0 Å². The summed E-state index contributed by atoms with van der Waals surface area (Å²) in [5.41, 5.74) is 2.26. The molecule has 2 heterocycles. The van der Waals surface area contributed by atoms with Gasteiger partial charge >= 0.3 is 0 Å².